The minimum absolute atomic E-state index is 0.0325. The molecule has 5 N–H and O–H groups in total. The van der Waals surface area contributed by atoms with E-state index in [2.05, 4.69) is 21.3 Å². The van der Waals surface area contributed by atoms with E-state index in [1.807, 2.05) is 102 Å². The van der Waals surface area contributed by atoms with Gasteiger partial charge in [-0.05, 0) is 64.2 Å². The molecule has 2 aliphatic heterocycles. The molecule has 4 aromatic carbocycles. The molecule has 12 heteroatoms. The second-order valence-electron chi connectivity index (χ2n) is 14.1. The van der Waals surface area contributed by atoms with Gasteiger partial charge in [0, 0.05) is 42.7 Å². The van der Waals surface area contributed by atoms with Crippen LogP contribution in [0.1, 0.15) is 40.8 Å². The number of benzene rings is 4. The standard InChI is InChI=1S/C45H44N4O7S/c50-40-27-34(45(55)56)24-30-15-19-35(20-16-30)46-41(51)21-22-42(52)47-39(28-36-12-7-23-57-36)44(54)49-38(43(53)48-37(40)25-29-8-3-1-4-9-29)26-31-13-17-33(18-14-31)32-10-5-2-6-11-32/h1-20,23,34,37-39H,21-22,24-28H2,(H,46,51)(H,47,52)(H,48,53)(H,49,54)(H,55,56)/t34-,37-,38+,39+/m0/s1. The summed E-state index contributed by atoms with van der Waals surface area (Å²) in [7, 11) is 0. The normalized spacial score (nSPS) is 20.0. The Bertz CT molecular complexity index is 2160. The number of amides is 4. The second kappa shape index (κ2) is 19.5. The highest BCUT2D eigenvalue weighted by atomic mass is 32.1. The number of anilines is 1. The van der Waals surface area contributed by atoms with E-state index in [9.17, 15) is 33.9 Å². The van der Waals surface area contributed by atoms with E-state index in [1.165, 1.54) is 11.3 Å². The average molecular weight is 785 g/mol. The highest BCUT2D eigenvalue weighted by molar-refractivity contribution is 7.09. The summed E-state index contributed by atoms with van der Waals surface area (Å²) in [6.45, 7) is 0. The van der Waals surface area contributed by atoms with Crippen LogP contribution in [0, 0.1) is 5.92 Å². The summed E-state index contributed by atoms with van der Waals surface area (Å²) in [5.74, 6) is -4.95. The lowest BCUT2D eigenvalue weighted by molar-refractivity contribution is -0.144. The van der Waals surface area contributed by atoms with Gasteiger partial charge in [0.25, 0.3) is 0 Å². The first-order valence-electron chi connectivity index (χ1n) is 18.8. The number of thiophene rings is 1. The molecule has 2 bridgehead atoms. The number of carbonyl (C=O) groups excluding carboxylic acids is 5. The Hall–Kier alpha value is -6.40. The summed E-state index contributed by atoms with van der Waals surface area (Å²) in [5.41, 5.74) is 4.55. The Morgan fingerprint density at radius 3 is 1.81 bits per heavy atom. The summed E-state index contributed by atoms with van der Waals surface area (Å²) in [6, 6.07) is 33.4. The molecule has 7 rings (SSSR count). The van der Waals surface area contributed by atoms with E-state index in [0.29, 0.717) is 11.3 Å². The van der Waals surface area contributed by atoms with Crippen molar-refractivity contribution >= 4 is 52.4 Å². The molecule has 4 atom stereocenters. The SMILES string of the molecule is O=C1CCC(=O)N[C@H](Cc2cccs2)C(=O)N[C@H](Cc2ccc(-c3ccccc3)cc2)C(=O)N[C@@H](Cc2ccccc2)C(=O)C[C@@H](C(=O)O)Cc2ccc(cc2)N1. The topological polar surface area (TPSA) is 171 Å². The number of hydrogen-bond acceptors (Lipinski definition) is 7. The van der Waals surface area contributed by atoms with Gasteiger partial charge in [-0.15, -0.1) is 11.3 Å². The minimum Gasteiger partial charge on any atom is -0.481 e. The first-order valence-corrected chi connectivity index (χ1v) is 19.7. The summed E-state index contributed by atoms with van der Waals surface area (Å²) in [4.78, 5) is 82.0. The number of hydrogen-bond donors (Lipinski definition) is 5. The fourth-order valence-electron chi connectivity index (χ4n) is 6.75. The van der Waals surface area contributed by atoms with Crippen molar-refractivity contribution in [1.82, 2.24) is 16.0 Å². The maximum absolute atomic E-state index is 14.4. The average Bonchev–Trinajstić information content (AvgIpc) is 3.73. The van der Waals surface area contributed by atoms with Gasteiger partial charge in [0.15, 0.2) is 5.78 Å². The molecule has 4 amide bonds. The molecule has 2 aliphatic rings. The van der Waals surface area contributed by atoms with Crippen LogP contribution in [0.3, 0.4) is 0 Å². The Kier molecular flexibility index (Phi) is 13.7. The van der Waals surface area contributed by atoms with E-state index in [-0.39, 0.29) is 44.9 Å². The quantitative estimate of drug-likeness (QED) is 0.129. The maximum atomic E-state index is 14.4. The lowest BCUT2D eigenvalue weighted by atomic mass is 9.90. The van der Waals surface area contributed by atoms with Gasteiger partial charge in [0.2, 0.25) is 23.6 Å². The molecule has 0 saturated carbocycles. The van der Waals surface area contributed by atoms with Gasteiger partial charge in [0.1, 0.15) is 12.1 Å². The number of nitrogens with one attached hydrogen (secondary N) is 4. The molecule has 0 aliphatic carbocycles. The largest absolute Gasteiger partial charge is 0.481 e. The minimum atomic E-state index is -1.19. The molecule has 57 heavy (non-hydrogen) atoms. The summed E-state index contributed by atoms with van der Waals surface area (Å²) in [5, 5.41) is 23.3. The molecule has 0 spiro atoms. The van der Waals surface area contributed by atoms with Gasteiger partial charge in [-0.2, -0.15) is 0 Å². The van der Waals surface area contributed by atoms with Gasteiger partial charge >= 0.3 is 5.97 Å². The zero-order valence-electron chi connectivity index (χ0n) is 31.2. The number of carboxylic acids is 1. The highest BCUT2D eigenvalue weighted by Gasteiger charge is 2.32. The third-order valence-electron chi connectivity index (χ3n) is 9.85. The van der Waals surface area contributed by atoms with Crippen LogP contribution in [0.15, 0.2) is 127 Å². The zero-order valence-corrected chi connectivity index (χ0v) is 32.0. The van der Waals surface area contributed by atoms with Crippen molar-refractivity contribution in [2.24, 2.45) is 5.92 Å². The number of rotatable bonds is 8. The maximum Gasteiger partial charge on any atom is 0.307 e. The van der Waals surface area contributed by atoms with Crippen LogP contribution in [0.5, 0.6) is 0 Å². The van der Waals surface area contributed by atoms with Gasteiger partial charge in [-0.25, -0.2) is 0 Å². The van der Waals surface area contributed by atoms with Crippen molar-refractivity contribution in [3.8, 4) is 11.1 Å². The number of Topliss-reactive ketones (excluding diaryl/α,β-unsaturated/α-hetero) is 1. The van der Waals surface area contributed by atoms with Crippen molar-refractivity contribution in [3.63, 3.8) is 0 Å². The summed E-state index contributed by atoms with van der Waals surface area (Å²) in [6.07, 6.45) is -0.402. The highest BCUT2D eigenvalue weighted by Crippen LogP contribution is 2.22. The van der Waals surface area contributed by atoms with E-state index in [4.69, 9.17) is 0 Å². The summed E-state index contributed by atoms with van der Waals surface area (Å²) < 4.78 is 0. The van der Waals surface area contributed by atoms with Crippen molar-refractivity contribution in [2.75, 3.05) is 5.32 Å². The number of carboxylic acid groups (broad SMARTS) is 1. The molecule has 5 aromatic rings. The van der Waals surface area contributed by atoms with Crippen molar-refractivity contribution < 1.29 is 33.9 Å². The van der Waals surface area contributed by atoms with Gasteiger partial charge < -0.3 is 26.4 Å². The van der Waals surface area contributed by atoms with Crippen molar-refractivity contribution in [2.45, 2.75) is 63.1 Å². The molecule has 1 aromatic heterocycles. The Morgan fingerprint density at radius 1 is 0.579 bits per heavy atom. The fourth-order valence-corrected chi connectivity index (χ4v) is 7.50. The van der Waals surface area contributed by atoms with Crippen LogP contribution in [-0.2, 0) is 54.5 Å². The van der Waals surface area contributed by atoms with Crippen LogP contribution in [0.25, 0.3) is 11.1 Å². The molecule has 3 heterocycles. The zero-order chi connectivity index (χ0) is 40.1. The third-order valence-corrected chi connectivity index (χ3v) is 10.8. The van der Waals surface area contributed by atoms with Crippen LogP contribution in [0.4, 0.5) is 5.69 Å². The predicted octanol–water partition coefficient (Wildman–Crippen LogP) is 5.53. The molecular weight excluding hydrogens is 741 g/mol. The lowest BCUT2D eigenvalue weighted by Gasteiger charge is -2.26. The van der Waals surface area contributed by atoms with Crippen molar-refractivity contribution in [1.29, 1.82) is 0 Å². The van der Waals surface area contributed by atoms with Gasteiger partial charge in [0.05, 0.1) is 12.0 Å². The summed E-state index contributed by atoms with van der Waals surface area (Å²) >= 11 is 1.41. The Labute approximate surface area is 334 Å². The Morgan fingerprint density at radius 2 is 1.16 bits per heavy atom. The first kappa shape index (κ1) is 40.3. The molecular formula is C45H44N4O7S. The van der Waals surface area contributed by atoms with Crippen LogP contribution in [0.2, 0.25) is 0 Å². The van der Waals surface area contributed by atoms with E-state index < -0.39 is 59.4 Å². The smallest absolute Gasteiger partial charge is 0.307 e. The van der Waals surface area contributed by atoms with Crippen LogP contribution >= 0.6 is 11.3 Å². The van der Waals surface area contributed by atoms with E-state index in [0.717, 1.165) is 27.1 Å². The molecule has 0 fully saturated rings. The number of ketones is 1. The molecule has 0 saturated heterocycles. The monoisotopic (exact) mass is 784 g/mol. The predicted molar refractivity (Wildman–Crippen MR) is 218 cm³/mol. The van der Waals surface area contributed by atoms with Gasteiger partial charge in [-0.3, -0.25) is 28.8 Å². The molecule has 292 valence electrons. The molecule has 0 radical (unpaired) electrons. The lowest BCUT2D eigenvalue weighted by Crippen LogP contribution is -2.57. The second-order valence-corrected chi connectivity index (χ2v) is 15.2. The van der Waals surface area contributed by atoms with E-state index >= 15 is 0 Å². The number of aliphatic carboxylic acids is 1. The van der Waals surface area contributed by atoms with Crippen molar-refractivity contribution in [3.05, 3.63) is 148 Å². The number of fused-ring (bicyclic) bond motifs is 18. The molecule has 11 nitrogen and oxygen atoms in total. The Balaban J connectivity index is 1.34. The van der Waals surface area contributed by atoms with Gasteiger partial charge in [-0.1, -0.05) is 103 Å². The fraction of sp³-hybridized carbons (Fsp3) is 0.244. The third kappa shape index (κ3) is 11.8. The molecule has 0 unspecified atom stereocenters. The van der Waals surface area contributed by atoms with Crippen LogP contribution < -0.4 is 21.3 Å². The first-order chi connectivity index (χ1) is 27.6. The number of carbonyl (C=O) groups is 6. The van der Waals surface area contributed by atoms with E-state index in [1.54, 1.807) is 24.3 Å². The van der Waals surface area contributed by atoms with Crippen LogP contribution in [-0.4, -0.2) is 58.6 Å².